The second kappa shape index (κ2) is 7.77. The van der Waals surface area contributed by atoms with Crippen LogP contribution in [0.3, 0.4) is 0 Å². The fourth-order valence-corrected chi connectivity index (χ4v) is 3.07. The number of hydrogen-bond acceptors (Lipinski definition) is 6. The van der Waals surface area contributed by atoms with Gasteiger partial charge < -0.3 is 14.8 Å². The van der Waals surface area contributed by atoms with E-state index in [1.54, 1.807) is 18.0 Å². The molecule has 0 aliphatic heterocycles. The third-order valence-corrected chi connectivity index (χ3v) is 4.48. The van der Waals surface area contributed by atoms with E-state index >= 15 is 0 Å². The first kappa shape index (κ1) is 20.7. The largest absolute Gasteiger partial charge is 0.493 e. The molecule has 0 amide bonds. The Balaban J connectivity index is 1.91. The van der Waals surface area contributed by atoms with Gasteiger partial charge in [-0.1, -0.05) is 6.07 Å². The lowest BCUT2D eigenvalue weighted by Crippen LogP contribution is -2.24. The van der Waals surface area contributed by atoms with Gasteiger partial charge in [-0.25, -0.2) is 4.68 Å². The molecule has 2 N–H and O–H groups in total. The Hall–Kier alpha value is -3.03. The summed E-state index contributed by atoms with van der Waals surface area (Å²) in [5, 5.41) is 8.07. The highest BCUT2D eigenvalue weighted by atomic mass is 16.5. The molecule has 2 aromatic heterocycles. The molecule has 0 spiro atoms. The topological polar surface area (TPSA) is 94.1 Å². The van der Waals surface area contributed by atoms with Crippen LogP contribution in [0.2, 0.25) is 0 Å². The average molecular weight is 399 g/mol. The van der Waals surface area contributed by atoms with Crippen LogP contribution < -0.4 is 20.3 Å². The second-order valence-corrected chi connectivity index (χ2v) is 8.32. The van der Waals surface area contributed by atoms with Gasteiger partial charge in [-0.05, 0) is 59.2 Å². The van der Waals surface area contributed by atoms with Gasteiger partial charge in [0.15, 0.2) is 17.1 Å². The van der Waals surface area contributed by atoms with Crippen LogP contribution in [-0.4, -0.2) is 33.0 Å². The fourth-order valence-electron chi connectivity index (χ4n) is 3.07. The predicted octanol–water partition coefficient (Wildman–Crippen LogP) is 3.84. The Morgan fingerprint density at radius 3 is 2.52 bits per heavy atom. The van der Waals surface area contributed by atoms with E-state index in [4.69, 9.17) is 9.47 Å². The number of nitrogens with zero attached hydrogens (tertiary/aromatic N) is 3. The summed E-state index contributed by atoms with van der Waals surface area (Å²) in [5.74, 6) is 1.75. The van der Waals surface area contributed by atoms with Crippen molar-refractivity contribution in [1.82, 2.24) is 19.7 Å². The SMILES string of the molecule is COc1cc(C(C)Nc2nc3c(cnn3C(C)(C)C)c(=O)[nH]2)ccc1OC(C)C. The van der Waals surface area contributed by atoms with Gasteiger partial charge in [-0.15, -0.1) is 0 Å². The van der Waals surface area contributed by atoms with Crippen molar-refractivity contribution in [1.29, 1.82) is 0 Å². The second-order valence-electron chi connectivity index (χ2n) is 8.32. The van der Waals surface area contributed by atoms with E-state index < -0.39 is 0 Å². The Kier molecular flexibility index (Phi) is 5.55. The standard InChI is InChI=1S/C21H29N5O3/c1-12(2)29-16-9-8-14(10-17(16)28-7)13(3)23-20-24-18-15(19(27)25-20)11-22-26(18)21(4,5)6/h8-13H,1-7H3,(H2,23,24,25,27). The van der Waals surface area contributed by atoms with Crippen molar-refractivity contribution >= 4 is 17.0 Å². The van der Waals surface area contributed by atoms with Crippen molar-refractivity contribution in [3.05, 3.63) is 40.3 Å². The lowest BCUT2D eigenvalue weighted by molar-refractivity contribution is 0.230. The molecule has 3 rings (SSSR count). The molecule has 0 saturated carbocycles. The van der Waals surface area contributed by atoms with Crippen LogP contribution in [0.1, 0.15) is 53.1 Å². The number of ether oxygens (including phenoxy) is 2. The molecule has 29 heavy (non-hydrogen) atoms. The van der Waals surface area contributed by atoms with Crippen molar-refractivity contribution in [3.63, 3.8) is 0 Å². The number of rotatable bonds is 6. The molecule has 0 bridgehead atoms. The number of hydrogen-bond donors (Lipinski definition) is 2. The normalized spacial score (nSPS) is 13.0. The molecular weight excluding hydrogens is 370 g/mol. The zero-order valence-corrected chi connectivity index (χ0v) is 18.0. The Labute approximate surface area is 170 Å². The molecule has 1 atom stereocenters. The van der Waals surface area contributed by atoms with Gasteiger partial charge in [0, 0.05) is 0 Å². The number of fused-ring (bicyclic) bond motifs is 1. The van der Waals surface area contributed by atoms with Crippen molar-refractivity contribution in [2.24, 2.45) is 0 Å². The van der Waals surface area contributed by atoms with Crippen LogP contribution in [0.15, 0.2) is 29.2 Å². The molecule has 0 fully saturated rings. The maximum atomic E-state index is 12.5. The minimum absolute atomic E-state index is 0.0546. The number of benzene rings is 1. The molecule has 8 nitrogen and oxygen atoms in total. The predicted molar refractivity (Wildman–Crippen MR) is 114 cm³/mol. The summed E-state index contributed by atoms with van der Waals surface area (Å²) in [6.07, 6.45) is 1.61. The van der Waals surface area contributed by atoms with E-state index in [1.165, 1.54) is 0 Å². The van der Waals surface area contributed by atoms with Crippen LogP contribution in [0, 0.1) is 0 Å². The van der Waals surface area contributed by atoms with Gasteiger partial charge in [0.1, 0.15) is 5.39 Å². The summed E-state index contributed by atoms with van der Waals surface area (Å²) in [5.41, 5.74) is 1.02. The van der Waals surface area contributed by atoms with Gasteiger partial charge >= 0.3 is 0 Å². The number of aromatic amines is 1. The summed E-state index contributed by atoms with van der Waals surface area (Å²) >= 11 is 0. The summed E-state index contributed by atoms with van der Waals surface area (Å²) in [6, 6.07) is 5.66. The molecular formula is C21H29N5O3. The van der Waals surface area contributed by atoms with Crippen molar-refractivity contribution in [2.75, 3.05) is 12.4 Å². The first-order chi connectivity index (χ1) is 13.6. The Bertz CT molecular complexity index is 1060. The lowest BCUT2D eigenvalue weighted by atomic mass is 10.1. The van der Waals surface area contributed by atoms with Crippen LogP contribution in [-0.2, 0) is 5.54 Å². The molecule has 1 aromatic carbocycles. The van der Waals surface area contributed by atoms with Crippen LogP contribution in [0.4, 0.5) is 5.95 Å². The summed E-state index contributed by atoms with van der Waals surface area (Å²) in [7, 11) is 1.62. The number of H-pyrrole nitrogens is 1. The van der Waals surface area contributed by atoms with Crippen molar-refractivity contribution < 1.29 is 9.47 Å². The van der Waals surface area contributed by atoms with Gasteiger partial charge in [-0.2, -0.15) is 10.1 Å². The van der Waals surface area contributed by atoms with E-state index in [-0.39, 0.29) is 23.2 Å². The van der Waals surface area contributed by atoms with E-state index in [2.05, 4.69) is 20.4 Å². The first-order valence-electron chi connectivity index (χ1n) is 9.70. The molecule has 156 valence electrons. The molecule has 0 aliphatic rings. The van der Waals surface area contributed by atoms with E-state index in [0.29, 0.717) is 28.5 Å². The molecule has 0 aliphatic carbocycles. The van der Waals surface area contributed by atoms with Crippen LogP contribution in [0.5, 0.6) is 11.5 Å². The maximum absolute atomic E-state index is 12.5. The highest BCUT2D eigenvalue weighted by molar-refractivity contribution is 5.74. The molecule has 1 unspecified atom stereocenters. The highest BCUT2D eigenvalue weighted by Crippen LogP contribution is 2.32. The number of nitrogens with one attached hydrogen (secondary N) is 2. The average Bonchev–Trinajstić information content (AvgIpc) is 3.06. The van der Waals surface area contributed by atoms with Crippen LogP contribution in [0.25, 0.3) is 11.0 Å². The Morgan fingerprint density at radius 1 is 1.17 bits per heavy atom. The first-order valence-corrected chi connectivity index (χ1v) is 9.70. The minimum atomic E-state index is -0.287. The highest BCUT2D eigenvalue weighted by Gasteiger charge is 2.20. The molecule has 3 aromatic rings. The van der Waals surface area contributed by atoms with E-state index in [9.17, 15) is 4.79 Å². The smallest absolute Gasteiger partial charge is 0.263 e. The lowest BCUT2D eigenvalue weighted by Gasteiger charge is -2.20. The monoisotopic (exact) mass is 399 g/mol. The van der Waals surface area contributed by atoms with E-state index in [1.807, 2.05) is 59.7 Å². The summed E-state index contributed by atoms with van der Waals surface area (Å²) in [6.45, 7) is 12.0. The number of methoxy groups -OCH3 is 1. The van der Waals surface area contributed by atoms with Gasteiger partial charge in [0.25, 0.3) is 5.56 Å². The quantitative estimate of drug-likeness (QED) is 0.654. The zero-order chi connectivity index (χ0) is 21.3. The summed E-state index contributed by atoms with van der Waals surface area (Å²) < 4.78 is 13.0. The third-order valence-electron chi connectivity index (χ3n) is 4.48. The van der Waals surface area contributed by atoms with Crippen molar-refractivity contribution in [2.45, 2.75) is 59.2 Å². The van der Waals surface area contributed by atoms with Gasteiger partial charge in [-0.3, -0.25) is 9.78 Å². The molecule has 0 radical (unpaired) electrons. The van der Waals surface area contributed by atoms with Crippen molar-refractivity contribution in [3.8, 4) is 11.5 Å². The minimum Gasteiger partial charge on any atom is -0.493 e. The molecule has 0 saturated heterocycles. The van der Waals surface area contributed by atoms with E-state index in [0.717, 1.165) is 5.56 Å². The zero-order valence-electron chi connectivity index (χ0n) is 18.0. The summed E-state index contributed by atoms with van der Waals surface area (Å²) in [4.78, 5) is 19.9. The number of anilines is 1. The fraction of sp³-hybridized carbons (Fsp3) is 0.476. The maximum Gasteiger partial charge on any atom is 0.263 e. The molecule has 8 heteroatoms. The third kappa shape index (κ3) is 4.36. The number of aromatic nitrogens is 4. The van der Waals surface area contributed by atoms with Gasteiger partial charge in [0.2, 0.25) is 5.95 Å². The Morgan fingerprint density at radius 2 is 1.90 bits per heavy atom. The molecule has 2 heterocycles. The van der Waals surface area contributed by atoms with Crippen LogP contribution >= 0.6 is 0 Å². The van der Waals surface area contributed by atoms with Gasteiger partial charge in [0.05, 0.1) is 31.0 Å².